The Morgan fingerprint density at radius 3 is 2.47 bits per heavy atom. The molecule has 0 aromatic carbocycles. The van der Waals surface area contributed by atoms with E-state index in [0.717, 1.165) is 29.4 Å². The highest BCUT2D eigenvalue weighted by Gasteiger charge is 2.11. The zero-order valence-corrected chi connectivity index (χ0v) is 11.3. The molecule has 5 heteroatoms. The fraction of sp³-hybridized carbons (Fsp3) is 0.667. The lowest BCUT2D eigenvalue weighted by Gasteiger charge is -2.17. The zero-order chi connectivity index (χ0) is 12.8. The normalized spacial score (nSPS) is 12.3. The van der Waals surface area contributed by atoms with Crippen molar-refractivity contribution in [3.05, 3.63) is 11.4 Å². The van der Waals surface area contributed by atoms with Crippen molar-refractivity contribution in [2.75, 3.05) is 31.4 Å². The van der Waals surface area contributed by atoms with E-state index in [2.05, 4.69) is 27.5 Å². The van der Waals surface area contributed by atoms with E-state index in [4.69, 9.17) is 4.74 Å². The molecule has 1 rings (SSSR count). The van der Waals surface area contributed by atoms with E-state index in [0.29, 0.717) is 6.61 Å². The Morgan fingerprint density at radius 2 is 1.94 bits per heavy atom. The summed E-state index contributed by atoms with van der Waals surface area (Å²) in [6.07, 6.45) is 0.822. The van der Waals surface area contributed by atoms with E-state index in [1.165, 1.54) is 0 Å². The maximum absolute atomic E-state index is 5.11. The molecule has 0 aliphatic carbocycles. The van der Waals surface area contributed by atoms with Crippen molar-refractivity contribution in [1.29, 1.82) is 0 Å². The van der Waals surface area contributed by atoms with Crippen molar-refractivity contribution < 1.29 is 4.74 Å². The SMILES string of the molecule is CCc1nc(NC)c(C)c(NC(C)COC)n1. The highest BCUT2D eigenvalue weighted by Crippen LogP contribution is 2.20. The van der Waals surface area contributed by atoms with Gasteiger partial charge in [-0.05, 0) is 13.8 Å². The Kier molecular flexibility index (Phi) is 5.15. The molecule has 0 radical (unpaired) electrons. The smallest absolute Gasteiger partial charge is 0.135 e. The van der Waals surface area contributed by atoms with Crippen molar-refractivity contribution in [3.63, 3.8) is 0 Å². The molecule has 1 heterocycles. The van der Waals surface area contributed by atoms with E-state index in [9.17, 15) is 0 Å². The molecule has 5 nitrogen and oxygen atoms in total. The molecule has 1 aromatic rings. The number of aryl methyl sites for hydroxylation is 1. The maximum Gasteiger partial charge on any atom is 0.135 e. The van der Waals surface area contributed by atoms with Gasteiger partial charge in [-0.3, -0.25) is 0 Å². The van der Waals surface area contributed by atoms with Gasteiger partial charge in [0.1, 0.15) is 17.5 Å². The molecule has 0 saturated heterocycles. The first-order valence-electron chi connectivity index (χ1n) is 5.93. The van der Waals surface area contributed by atoms with Crippen LogP contribution < -0.4 is 10.6 Å². The standard InChI is InChI=1S/C12H22N4O/c1-6-10-15-11(13-4)9(3)12(16-10)14-8(2)7-17-5/h8H,6-7H2,1-5H3,(H2,13,14,15,16). The molecule has 0 fully saturated rings. The second kappa shape index (κ2) is 6.39. The van der Waals surface area contributed by atoms with E-state index >= 15 is 0 Å². The first-order valence-corrected chi connectivity index (χ1v) is 5.93. The van der Waals surface area contributed by atoms with E-state index in [1.54, 1.807) is 7.11 Å². The molecule has 1 atom stereocenters. The van der Waals surface area contributed by atoms with E-state index < -0.39 is 0 Å². The van der Waals surface area contributed by atoms with Crippen LogP contribution in [0, 0.1) is 6.92 Å². The third-order valence-electron chi connectivity index (χ3n) is 2.54. The molecule has 96 valence electrons. The summed E-state index contributed by atoms with van der Waals surface area (Å²) in [5.41, 5.74) is 1.03. The Hall–Kier alpha value is -1.36. The van der Waals surface area contributed by atoms with Gasteiger partial charge in [0.15, 0.2) is 0 Å². The Labute approximate surface area is 103 Å². The number of methoxy groups -OCH3 is 1. The first kappa shape index (κ1) is 13.7. The summed E-state index contributed by atoms with van der Waals surface area (Å²) < 4.78 is 5.11. The minimum atomic E-state index is 0.225. The number of rotatable bonds is 6. The molecule has 0 spiro atoms. The summed E-state index contributed by atoms with van der Waals surface area (Å²) in [5.74, 6) is 2.60. The Balaban J connectivity index is 2.96. The van der Waals surface area contributed by atoms with Gasteiger partial charge >= 0.3 is 0 Å². The highest BCUT2D eigenvalue weighted by molar-refractivity contribution is 5.57. The van der Waals surface area contributed by atoms with Gasteiger partial charge < -0.3 is 15.4 Å². The topological polar surface area (TPSA) is 59.1 Å². The van der Waals surface area contributed by atoms with Gasteiger partial charge in [-0.2, -0.15) is 0 Å². The highest BCUT2D eigenvalue weighted by atomic mass is 16.5. The van der Waals surface area contributed by atoms with Crippen LogP contribution in [0.5, 0.6) is 0 Å². The Morgan fingerprint density at radius 1 is 1.29 bits per heavy atom. The fourth-order valence-electron chi connectivity index (χ4n) is 1.63. The van der Waals surface area contributed by atoms with Gasteiger partial charge in [-0.1, -0.05) is 6.92 Å². The predicted molar refractivity (Wildman–Crippen MR) is 70.7 cm³/mol. The lowest BCUT2D eigenvalue weighted by Crippen LogP contribution is -2.23. The van der Waals surface area contributed by atoms with Gasteiger partial charge in [0.05, 0.1) is 6.61 Å². The van der Waals surface area contributed by atoms with Crippen LogP contribution in [-0.4, -0.2) is 36.8 Å². The van der Waals surface area contributed by atoms with Crippen molar-refractivity contribution in [1.82, 2.24) is 9.97 Å². The van der Waals surface area contributed by atoms with Crippen LogP contribution in [-0.2, 0) is 11.2 Å². The molecule has 0 saturated carbocycles. The summed E-state index contributed by atoms with van der Waals surface area (Å²) in [7, 11) is 3.57. The predicted octanol–water partition coefficient (Wildman–Crippen LogP) is 1.84. The average Bonchev–Trinajstić information content (AvgIpc) is 2.32. The van der Waals surface area contributed by atoms with Crippen LogP contribution in [0.3, 0.4) is 0 Å². The van der Waals surface area contributed by atoms with Crippen LogP contribution in [0.4, 0.5) is 11.6 Å². The third-order valence-corrected chi connectivity index (χ3v) is 2.54. The maximum atomic E-state index is 5.11. The molecule has 0 amide bonds. The number of aromatic nitrogens is 2. The minimum Gasteiger partial charge on any atom is -0.383 e. The van der Waals surface area contributed by atoms with Gasteiger partial charge in [-0.25, -0.2) is 9.97 Å². The molecule has 1 aromatic heterocycles. The summed E-state index contributed by atoms with van der Waals surface area (Å²) >= 11 is 0. The van der Waals surface area contributed by atoms with Crippen LogP contribution in [0.1, 0.15) is 25.2 Å². The first-order chi connectivity index (χ1) is 8.12. The van der Waals surface area contributed by atoms with Crippen molar-refractivity contribution in [2.24, 2.45) is 0 Å². The molecule has 1 unspecified atom stereocenters. The second-order valence-electron chi connectivity index (χ2n) is 4.07. The number of nitrogens with one attached hydrogen (secondary N) is 2. The van der Waals surface area contributed by atoms with Crippen molar-refractivity contribution in [3.8, 4) is 0 Å². The molecule has 2 N–H and O–H groups in total. The molecule has 0 bridgehead atoms. The van der Waals surface area contributed by atoms with Crippen LogP contribution in [0.25, 0.3) is 0 Å². The number of anilines is 2. The number of hydrogen-bond donors (Lipinski definition) is 2. The Bertz CT molecular complexity index is 368. The quantitative estimate of drug-likeness (QED) is 0.792. The molecule has 0 aliphatic heterocycles. The summed E-state index contributed by atoms with van der Waals surface area (Å²) in [4.78, 5) is 8.93. The average molecular weight is 238 g/mol. The summed E-state index contributed by atoms with van der Waals surface area (Å²) in [6.45, 7) is 6.77. The van der Waals surface area contributed by atoms with Gasteiger partial charge in [0.25, 0.3) is 0 Å². The van der Waals surface area contributed by atoms with Crippen LogP contribution >= 0.6 is 0 Å². The number of ether oxygens (including phenoxy) is 1. The monoisotopic (exact) mass is 238 g/mol. The lowest BCUT2D eigenvalue weighted by molar-refractivity contribution is 0.190. The molecular formula is C12H22N4O. The lowest BCUT2D eigenvalue weighted by atomic mass is 10.2. The summed E-state index contributed by atoms with van der Waals surface area (Å²) in [5, 5.41) is 6.44. The van der Waals surface area contributed by atoms with E-state index in [1.807, 2.05) is 20.9 Å². The summed E-state index contributed by atoms with van der Waals surface area (Å²) in [6, 6.07) is 0.225. The van der Waals surface area contributed by atoms with E-state index in [-0.39, 0.29) is 6.04 Å². The number of hydrogen-bond acceptors (Lipinski definition) is 5. The second-order valence-corrected chi connectivity index (χ2v) is 4.07. The van der Waals surface area contributed by atoms with Gasteiger partial charge in [0, 0.05) is 32.2 Å². The van der Waals surface area contributed by atoms with Gasteiger partial charge in [0.2, 0.25) is 0 Å². The van der Waals surface area contributed by atoms with Crippen molar-refractivity contribution >= 4 is 11.6 Å². The van der Waals surface area contributed by atoms with Crippen LogP contribution in [0.2, 0.25) is 0 Å². The third kappa shape index (κ3) is 3.56. The van der Waals surface area contributed by atoms with Crippen LogP contribution in [0.15, 0.2) is 0 Å². The van der Waals surface area contributed by atoms with Gasteiger partial charge in [-0.15, -0.1) is 0 Å². The largest absolute Gasteiger partial charge is 0.383 e. The molecule has 0 aliphatic rings. The van der Waals surface area contributed by atoms with Crippen molar-refractivity contribution in [2.45, 2.75) is 33.2 Å². The molecule has 17 heavy (non-hydrogen) atoms. The zero-order valence-electron chi connectivity index (χ0n) is 11.3. The molecular weight excluding hydrogens is 216 g/mol. The number of nitrogens with zero attached hydrogens (tertiary/aromatic N) is 2. The minimum absolute atomic E-state index is 0.225. The fourth-order valence-corrected chi connectivity index (χ4v) is 1.63.